The van der Waals surface area contributed by atoms with Gasteiger partial charge in [-0.2, -0.15) is 0 Å². The molecule has 102 valence electrons. The van der Waals surface area contributed by atoms with Gasteiger partial charge in [0.15, 0.2) is 5.65 Å². The molecule has 0 aliphatic rings. The van der Waals surface area contributed by atoms with Crippen LogP contribution in [-0.4, -0.2) is 19.5 Å². The van der Waals surface area contributed by atoms with E-state index in [9.17, 15) is 0 Å². The van der Waals surface area contributed by atoms with Crippen LogP contribution in [0.1, 0.15) is 31.7 Å². The molecule has 2 heterocycles. The first-order valence-electron chi connectivity index (χ1n) is 6.57. The van der Waals surface area contributed by atoms with Gasteiger partial charge in [0.2, 0.25) is 0 Å². The molecule has 0 aliphatic carbocycles. The third-order valence-corrected chi connectivity index (χ3v) is 3.18. The zero-order chi connectivity index (χ0) is 14.0. The molecule has 0 atom stereocenters. The molecule has 5 heteroatoms. The minimum absolute atomic E-state index is 0.532. The van der Waals surface area contributed by atoms with Gasteiger partial charge in [0, 0.05) is 25.6 Å². The molecule has 0 saturated heterocycles. The van der Waals surface area contributed by atoms with Crippen LogP contribution in [0.4, 0.5) is 0 Å². The monoisotopic (exact) mass is 276 g/mol. The van der Waals surface area contributed by atoms with Crippen molar-refractivity contribution >= 4 is 28.4 Å². The lowest BCUT2D eigenvalue weighted by Crippen LogP contribution is -2.14. The average molecular weight is 276 g/mol. The Labute approximate surface area is 119 Å². The standard InChI is InChI=1S/C14H20N4S/c1-9(2)6-13-17-11-7-10(3)8-16-14(11)18(13)5-4-12(15)19/h7-9H,4-6H2,1-3H3,(H2,15,19). The Hall–Kier alpha value is -1.49. The number of rotatable bonds is 5. The molecule has 0 bridgehead atoms. The first-order chi connectivity index (χ1) is 8.97. The van der Waals surface area contributed by atoms with E-state index in [1.54, 1.807) is 0 Å². The summed E-state index contributed by atoms with van der Waals surface area (Å²) in [6.45, 7) is 7.17. The fraction of sp³-hybridized carbons (Fsp3) is 0.500. The van der Waals surface area contributed by atoms with Crippen molar-refractivity contribution in [2.75, 3.05) is 0 Å². The van der Waals surface area contributed by atoms with Crippen molar-refractivity contribution in [2.24, 2.45) is 11.7 Å². The molecule has 0 saturated carbocycles. The molecular formula is C14H20N4S. The topological polar surface area (TPSA) is 56.7 Å². The average Bonchev–Trinajstić information content (AvgIpc) is 2.61. The Balaban J connectivity index is 2.45. The van der Waals surface area contributed by atoms with Crippen LogP contribution in [-0.2, 0) is 13.0 Å². The Bertz CT molecular complexity index is 601. The van der Waals surface area contributed by atoms with Crippen LogP contribution in [0.3, 0.4) is 0 Å². The third kappa shape index (κ3) is 3.29. The van der Waals surface area contributed by atoms with Crippen LogP contribution in [0.25, 0.3) is 11.2 Å². The van der Waals surface area contributed by atoms with Gasteiger partial charge in [-0.15, -0.1) is 0 Å². The number of nitrogens with two attached hydrogens (primary N) is 1. The summed E-state index contributed by atoms with van der Waals surface area (Å²) in [7, 11) is 0. The predicted molar refractivity (Wildman–Crippen MR) is 82.2 cm³/mol. The van der Waals surface area contributed by atoms with Gasteiger partial charge in [0.1, 0.15) is 11.3 Å². The number of hydrogen-bond donors (Lipinski definition) is 1. The van der Waals surface area contributed by atoms with Crippen molar-refractivity contribution in [3.8, 4) is 0 Å². The molecule has 0 unspecified atom stereocenters. The summed E-state index contributed by atoms with van der Waals surface area (Å²) in [4.78, 5) is 9.74. The van der Waals surface area contributed by atoms with Crippen molar-refractivity contribution in [1.82, 2.24) is 14.5 Å². The van der Waals surface area contributed by atoms with E-state index < -0.39 is 0 Å². The largest absolute Gasteiger partial charge is 0.393 e. The van der Waals surface area contributed by atoms with E-state index >= 15 is 0 Å². The minimum atomic E-state index is 0.532. The second kappa shape index (κ2) is 5.65. The first-order valence-corrected chi connectivity index (χ1v) is 6.98. The van der Waals surface area contributed by atoms with Gasteiger partial charge in [-0.05, 0) is 24.5 Å². The van der Waals surface area contributed by atoms with Gasteiger partial charge in [-0.25, -0.2) is 9.97 Å². The van der Waals surface area contributed by atoms with Crippen molar-refractivity contribution in [3.63, 3.8) is 0 Å². The summed E-state index contributed by atoms with van der Waals surface area (Å²) in [6, 6.07) is 2.07. The van der Waals surface area contributed by atoms with E-state index in [0.29, 0.717) is 17.3 Å². The number of thiocarbonyl (C=S) groups is 1. The minimum Gasteiger partial charge on any atom is -0.393 e. The number of aryl methyl sites for hydroxylation is 2. The van der Waals surface area contributed by atoms with E-state index in [4.69, 9.17) is 22.9 Å². The smallest absolute Gasteiger partial charge is 0.160 e. The number of aromatic nitrogens is 3. The van der Waals surface area contributed by atoms with Gasteiger partial charge < -0.3 is 10.3 Å². The van der Waals surface area contributed by atoms with Gasteiger partial charge >= 0.3 is 0 Å². The summed E-state index contributed by atoms with van der Waals surface area (Å²) in [5, 5.41) is 0. The van der Waals surface area contributed by atoms with E-state index in [1.807, 2.05) is 13.1 Å². The molecule has 0 spiro atoms. The van der Waals surface area contributed by atoms with E-state index in [1.165, 1.54) is 0 Å². The summed E-state index contributed by atoms with van der Waals surface area (Å²) < 4.78 is 2.15. The fourth-order valence-electron chi connectivity index (χ4n) is 2.14. The van der Waals surface area contributed by atoms with Gasteiger partial charge in [0.05, 0.1) is 4.99 Å². The van der Waals surface area contributed by atoms with Crippen LogP contribution >= 0.6 is 12.2 Å². The first kappa shape index (κ1) is 13.9. The van der Waals surface area contributed by atoms with Crippen molar-refractivity contribution < 1.29 is 0 Å². The van der Waals surface area contributed by atoms with Crippen molar-refractivity contribution in [1.29, 1.82) is 0 Å². The third-order valence-electron chi connectivity index (χ3n) is 2.97. The number of imidazole rings is 1. The van der Waals surface area contributed by atoms with Crippen LogP contribution < -0.4 is 5.73 Å². The van der Waals surface area contributed by atoms with Crippen LogP contribution in [0.15, 0.2) is 12.3 Å². The molecule has 19 heavy (non-hydrogen) atoms. The van der Waals surface area contributed by atoms with Gasteiger partial charge in [-0.1, -0.05) is 26.1 Å². The van der Waals surface area contributed by atoms with E-state index in [0.717, 1.165) is 35.5 Å². The Morgan fingerprint density at radius 2 is 2.21 bits per heavy atom. The summed E-state index contributed by atoms with van der Waals surface area (Å²) >= 11 is 4.97. The zero-order valence-electron chi connectivity index (χ0n) is 11.7. The SMILES string of the molecule is Cc1cnc2c(c1)nc(CC(C)C)n2CCC(N)=S. The molecule has 2 N–H and O–H groups in total. The highest BCUT2D eigenvalue weighted by Gasteiger charge is 2.13. The second-order valence-electron chi connectivity index (χ2n) is 5.35. The number of nitrogens with zero attached hydrogens (tertiary/aromatic N) is 3. The van der Waals surface area contributed by atoms with E-state index in [-0.39, 0.29) is 0 Å². The van der Waals surface area contributed by atoms with Crippen molar-refractivity contribution in [3.05, 3.63) is 23.7 Å². The molecular weight excluding hydrogens is 256 g/mol. The lowest BCUT2D eigenvalue weighted by atomic mass is 10.1. The Kier molecular flexibility index (Phi) is 4.14. The lowest BCUT2D eigenvalue weighted by Gasteiger charge is -2.09. The normalized spacial score (nSPS) is 11.4. The van der Waals surface area contributed by atoms with E-state index in [2.05, 4.69) is 29.5 Å². The maximum atomic E-state index is 5.61. The maximum Gasteiger partial charge on any atom is 0.160 e. The summed E-state index contributed by atoms with van der Waals surface area (Å²) in [5.74, 6) is 1.63. The van der Waals surface area contributed by atoms with Crippen LogP contribution in [0.5, 0.6) is 0 Å². The second-order valence-corrected chi connectivity index (χ2v) is 5.87. The number of fused-ring (bicyclic) bond motifs is 1. The van der Waals surface area contributed by atoms with Crippen LogP contribution in [0.2, 0.25) is 0 Å². The molecule has 0 radical (unpaired) electrons. The van der Waals surface area contributed by atoms with Crippen LogP contribution in [0, 0.1) is 12.8 Å². The summed E-state index contributed by atoms with van der Waals surface area (Å²) in [6.07, 6.45) is 3.49. The highest BCUT2D eigenvalue weighted by molar-refractivity contribution is 7.80. The maximum absolute atomic E-state index is 5.61. The number of pyridine rings is 1. The fourth-order valence-corrected chi connectivity index (χ4v) is 2.23. The Morgan fingerprint density at radius 1 is 1.47 bits per heavy atom. The molecule has 0 fully saturated rings. The molecule has 2 rings (SSSR count). The predicted octanol–water partition coefficient (Wildman–Crippen LogP) is 2.61. The molecule has 2 aromatic rings. The summed E-state index contributed by atoms with van der Waals surface area (Å²) in [5.41, 5.74) is 8.62. The van der Waals surface area contributed by atoms with Gasteiger partial charge in [-0.3, -0.25) is 0 Å². The molecule has 0 aliphatic heterocycles. The zero-order valence-corrected chi connectivity index (χ0v) is 12.5. The lowest BCUT2D eigenvalue weighted by molar-refractivity contribution is 0.582. The molecule has 4 nitrogen and oxygen atoms in total. The highest BCUT2D eigenvalue weighted by atomic mass is 32.1. The van der Waals surface area contributed by atoms with Gasteiger partial charge in [0.25, 0.3) is 0 Å². The molecule has 2 aromatic heterocycles. The quantitative estimate of drug-likeness (QED) is 0.853. The molecule has 0 aromatic carbocycles. The molecule has 0 amide bonds. The highest BCUT2D eigenvalue weighted by Crippen LogP contribution is 2.18. The van der Waals surface area contributed by atoms with Crippen molar-refractivity contribution in [2.45, 2.75) is 40.2 Å². The number of hydrogen-bond acceptors (Lipinski definition) is 3. The Morgan fingerprint density at radius 3 is 2.84 bits per heavy atom.